The van der Waals surface area contributed by atoms with E-state index in [0.29, 0.717) is 12.5 Å². The van der Waals surface area contributed by atoms with Crippen LogP contribution in [-0.4, -0.2) is 31.1 Å². The van der Waals surface area contributed by atoms with Gasteiger partial charge in [-0.05, 0) is 42.9 Å². The van der Waals surface area contributed by atoms with Gasteiger partial charge in [0.2, 0.25) is 0 Å². The van der Waals surface area contributed by atoms with Gasteiger partial charge in [0.05, 0.1) is 7.11 Å². The number of hydrogen-bond acceptors (Lipinski definition) is 2. The summed E-state index contributed by atoms with van der Waals surface area (Å²) < 4.78 is 5.30. The maximum absolute atomic E-state index is 12.1. The molecular formula is C16H24N2O2. The average Bonchev–Trinajstić information content (AvgIpc) is 2.46. The summed E-state index contributed by atoms with van der Waals surface area (Å²) in [6.45, 7) is 6.48. The number of carbonyl (C=O) groups is 1. The lowest BCUT2D eigenvalue weighted by molar-refractivity contribution is 0.169. The standard InChI is InChI=1S/C16H24N2O2/c1-12-5-4-8-18(11-12)16(19)17-10-14-7-6-13(2)15(9-14)20-3/h6-7,9,12H,4-5,8,10-11H2,1-3H3,(H,17,19). The second kappa shape index (κ2) is 6.64. The van der Waals surface area contributed by atoms with Crippen molar-refractivity contribution in [2.45, 2.75) is 33.2 Å². The van der Waals surface area contributed by atoms with Gasteiger partial charge in [-0.1, -0.05) is 19.1 Å². The number of urea groups is 1. The molecule has 4 nitrogen and oxygen atoms in total. The Kier molecular flexibility index (Phi) is 4.88. The Hall–Kier alpha value is -1.71. The van der Waals surface area contributed by atoms with E-state index in [1.165, 1.54) is 6.42 Å². The van der Waals surface area contributed by atoms with Crippen molar-refractivity contribution in [3.63, 3.8) is 0 Å². The minimum absolute atomic E-state index is 0.0380. The normalized spacial score (nSPS) is 18.8. The molecular weight excluding hydrogens is 252 g/mol. The van der Waals surface area contributed by atoms with Crippen LogP contribution in [0.3, 0.4) is 0 Å². The number of carbonyl (C=O) groups excluding carboxylic acids is 1. The minimum Gasteiger partial charge on any atom is -0.496 e. The lowest BCUT2D eigenvalue weighted by Gasteiger charge is -2.31. The number of ether oxygens (including phenoxy) is 1. The van der Waals surface area contributed by atoms with E-state index in [1.807, 2.05) is 30.0 Å². The highest BCUT2D eigenvalue weighted by Gasteiger charge is 2.20. The van der Waals surface area contributed by atoms with Crippen LogP contribution in [0.25, 0.3) is 0 Å². The first-order chi connectivity index (χ1) is 9.60. The molecule has 0 spiro atoms. The largest absolute Gasteiger partial charge is 0.496 e. The van der Waals surface area contributed by atoms with E-state index >= 15 is 0 Å². The van der Waals surface area contributed by atoms with Crippen LogP contribution in [0.15, 0.2) is 18.2 Å². The second-order valence-corrected chi connectivity index (χ2v) is 5.66. The molecule has 110 valence electrons. The van der Waals surface area contributed by atoms with E-state index in [-0.39, 0.29) is 6.03 Å². The van der Waals surface area contributed by atoms with Gasteiger partial charge in [0, 0.05) is 19.6 Å². The van der Waals surface area contributed by atoms with Gasteiger partial charge in [-0.25, -0.2) is 4.79 Å². The number of nitrogens with zero attached hydrogens (tertiary/aromatic N) is 1. The van der Waals surface area contributed by atoms with Crippen LogP contribution in [0.5, 0.6) is 5.75 Å². The predicted molar refractivity (Wildman–Crippen MR) is 79.9 cm³/mol. The summed E-state index contributed by atoms with van der Waals surface area (Å²) in [5, 5.41) is 2.99. The zero-order valence-electron chi connectivity index (χ0n) is 12.6. The van der Waals surface area contributed by atoms with Crippen LogP contribution in [-0.2, 0) is 6.54 Å². The van der Waals surface area contributed by atoms with Crippen LogP contribution < -0.4 is 10.1 Å². The van der Waals surface area contributed by atoms with Crippen LogP contribution in [0.1, 0.15) is 30.9 Å². The monoisotopic (exact) mass is 276 g/mol. The summed E-state index contributed by atoms with van der Waals surface area (Å²) in [6.07, 6.45) is 2.33. The summed E-state index contributed by atoms with van der Waals surface area (Å²) in [5.74, 6) is 1.47. The van der Waals surface area contributed by atoms with Gasteiger partial charge in [0.25, 0.3) is 0 Å². The van der Waals surface area contributed by atoms with Crippen molar-refractivity contribution in [1.82, 2.24) is 10.2 Å². The molecule has 4 heteroatoms. The molecule has 1 unspecified atom stereocenters. The van der Waals surface area contributed by atoms with Gasteiger partial charge in [-0.2, -0.15) is 0 Å². The summed E-state index contributed by atoms with van der Waals surface area (Å²) >= 11 is 0. The molecule has 1 aliphatic heterocycles. The number of nitrogens with one attached hydrogen (secondary N) is 1. The van der Waals surface area contributed by atoms with Crippen LogP contribution in [0.2, 0.25) is 0 Å². The van der Waals surface area contributed by atoms with Crippen molar-refractivity contribution in [3.8, 4) is 5.75 Å². The van der Waals surface area contributed by atoms with Crippen molar-refractivity contribution in [2.24, 2.45) is 5.92 Å². The summed E-state index contributed by atoms with van der Waals surface area (Å²) in [5.41, 5.74) is 2.17. The Balaban J connectivity index is 1.89. The third-order valence-corrected chi connectivity index (χ3v) is 3.86. The molecule has 1 heterocycles. The van der Waals surface area contributed by atoms with Gasteiger partial charge in [0.15, 0.2) is 0 Å². The number of rotatable bonds is 3. The van der Waals surface area contributed by atoms with Crippen molar-refractivity contribution in [3.05, 3.63) is 29.3 Å². The van der Waals surface area contributed by atoms with E-state index in [2.05, 4.69) is 12.2 Å². The van der Waals surface area contributed by atoms with Crippen LogP contribution in [0.4, 0.5) is 4.79 Å². The molecule has 1 saturated heterocycles. The van der Waals surface area contributed by atoms with Gasteiger partial charge in [-0.3, -0.25) is 0 Å². The number of hydrogen-bond donors (Lipinski definition) is 1. The topological polar surface area (TPSA) is 41.6 Å². The second-order valence-electron chi connectivity index (χ2n) is 5.66. The number of amides is 2. The van der Waals surface area contributed by atoms with Crippen LogP contribution in [0, 0.1) is 12.8 Å². The average molecular weight is 276 g/mol. The fraction of sp³-hybridized carbons (Fsp3) is 0.562. The minimum atomic E-state index is 0.0380. The van der Waals surface area contributed by atoms with E-state index in [9.17, 15) is 4.79 Å². The van der Waals surface area contributed by atoms with Crippen molar-refractivity contribution < 1.29 is 9.53 Å². The Morgan fingerprint density at radius 3 is 3.00 bits per heavy atom. The Morgan fingerprint density at radius 2 is 2.30 bits per heavy atom. The Labute approximate surface area is 121 Å². The summed E-state index contributed by atoms with van der Waals surface area (Å²) in [6, 6.07) is 6.06. The smallest absolute Gasteiger partial charge is 0.317 e. The summed E-state index contributed by atoms with van der Waals surface area (Å²) in [4.78, 5) is 14.0. The molecule has 2 rings (SSSR count). The number of piperidine rings is 1. The first kappa shape index (κ1) is 14.7. The molecule has 2 amide bonds. The molecule has 0 aromatic heterocycles. The first-order valence-corrected chi connectivity index (χ1v) is 7.26. The van der Waals surface area contributed by atoms with Gasteiger partial charge in [-0.15, -0.1) is 0 Å². The third-order valence-electron chi connectivity index (χ3n) is 3.86. The predicted octanol–water partition coefficient (Wildman–Crippen LogP) is 2.95. The van der Waals surface area contributed by atoms with Crippen molar-refractivity contribution >= 4 is 6.03 Å². The van der Waals surface area contributed by atoms with Crippen molar-refractivity contribution in [2.75, 3.05) is 20.2 Å². The van der Waals surface area contributed by atoms with E-state index in [4.69, 9.17) is 4.74 Å². The molecule has 1 atom stereocenters. The lowest BCUT2D eigenvalue weighted by atomic mass is 10.0. The quantitative estimate of drug-likeness (QED) is 0.922. The SMILES string of the molecule is COc1cc(CNC(=O)N2CCCC(C)C2)ccc1C. The summed E-state index contributed by atoms with van der Waals surface area (Å²) in [7, 11) is 1.67. The molecule has 1 aromatic rings. The maximum atomic E-state index is 12.1. The Morgan fingerprint density at radius 1 is 1.50 bits per heavy atom. The first-order valence-electron chi connectivity index (χ1n) is 7.26. The number of likely N-dealkylation sites (tertiary alicyclic amines) is 1. The third kappa shape index (κ3) is 3.65. The highest BCUT2D eigenvalue weighted by atomic mass is 16.5. The molecule has 1 aromatic carbocycles. The number of methoxy groups -OCH3 is 1. The molecule has 1 fully saturated rings. The molecule has 1 N–H and O–H groups in total. The highest BCUT2D eigenvalue weighted by molar-refractivity contribution is 5.74. The fourth-order valence-electron chi connectivity index (χ4n) is 2.64. The van der Waals surface area contributed by atoms with Crippen LogP contribution >= 0.6 is 0 Å². The number of aryl methyl sites for hydroxylation is 1. The molecule has 0 bridgehead atoms. The van der Waals surface area contributed by atoms with E-state index in [0.717, 1.165) is 36.4 Å². The fourth-order valence-corrected chi connectivity index (χ4v) is 2.64. The zero-order valence-corrected chi connectivity index (χ0v) is 12.6. The van der Waals surface area contributed by atoms with E-state index in [1.54, 1.807) is 7.11 Å². The molecule has 0 radical (unpaired) electrons. The molecule has 0 saturated carbocycles. The van der Waals surface area contributed by atoms with Gasteiger partial charge < -0.3 is 15.0 Å². The van der Waals surface area contributed by atoms with Gasteiger partial charge >= 0.3 is 6.03 Å². The van der Waals surface area contributed by atoms with Crippen molar-refractivity contribution in [1.29, 1.82) is 0 Å². The van der Waals surface area contributed by atoms with E-state index < -0.39 is 0 Å². The number of benzene rings is 1. The molecule has 20 heavy (non-hydrogen) atoms. The Bertz CT molecular complexity index is 474. The zero-order chi connectivity index (χ0) is 14.5. The maximum Gasteiger partial charge on any atom is 0.317 e. The van der Waals surface area contributed by atoms with Gasteiger partial charge in [0.1, 0.15) is 5.75 Å². The molecule has 0 aliphatic carbocycles. The molecule has 1 aliphatic rings. The highest BCUT2D eigenvalue weighted by Crippen LogP contribution is 2.19. The lowest BCUT2D eigenvalue weighted by Crippen LogP contribution is -2.44.